The number of nitrogens with zero attached hydrogens (tertiary/aromatic N) is 2. The average Bonchev–Trinajstić information content (AvgIpc) is 2.88. The normalized spacial score (nSPS) is 16.9. The van der Waals surface area contributed by atoms with Crippen LogP contribution in [0.2, 0.25) is 0 Å². The Morgan fingerprint density at radius 2 is 2.00 bits per heavy atom. The molecule has 0 radical (unpaired) electrons. The molecule has 1 aliphatic rings. The summed E-state index contributed by atoms with van der Waals surface area (Å²) in [6, 6.07) is 0. The lowest BCUT2D eigenvalue weighted by atomic mass is 9.86. The molecule has 2 N–H and O–H groups in total. The number of rotatable bonds is 5. The Morgan fingerprint density at radius 1 is 1.29 bits per heavy atom. The Labute approximate surface area is 120 Å². The van der Waals surface area contributed by atoms with E-state index >= 15 is 0 Å². The summed E-state index contributed by atoms with van der Waals surface area (Å²) in [5.74, 6) is -1.20. The maximum atomic E-state index is 12.3. The first-order valence-corrected chi connectivity index (χ1v) is 7.24. The van der Waals surface area contributed by atoms with Gasteiger partial charge in [-0.15, -0.1) is 5.10 Å². The molecular weight excluding hydrogens is 285 g/mol. The molecule has 2 rings (SSSR count). The van der Waals surface area contributed by atoms with Crippen LogP contribution in [0.1, 0.15) is 57.2 Å². The first-order chi connectivity index (χ1) is 9.95. The number of anilines is 1. The van der Waals surface area contributed by atoms with Gasteiger partial charge < -0.3 is 0 Å². The van der Waals surface area contributed by atoms with Gasteiger partial charge in [0, 0.05) is 6.42 Å². The minimum absolute atomic E-state index is 0.284. The van der Waals surface area contributed by atoms with Crippen LogP contribution in [0, 0.1) is 5.92 Å². The molecule has 1 aromatic heterocycles. The molecule has 21 heavy (non-hydrogen) atoms. The maximum Gasteiger partial charge on any atom is 0.451 e. The van der Waals surface area contributed by atoms with Gasteiger partial charge in [0.15, 0.2) is 0 Å². The monoisotopic (exact) mass is 304 g/mol. The second-order valence-corrected chi connectivity index (χ2v) is 5.45. The first-order valence-electron chi connectivity index (χ1n) is 7.24. The fraction of sp³-hybridized carbons (Fsp3) is 0.769. The third kappa shape index (κ3) is 5.02. The largest absolute Gasteiger partial charge is 0.451 e. The van der Waals surface area contributed by atoms with Crippen LogP contribution >= 0.6 is 0 Å². The Bertz CT molecular complexity index is 466. The lowest BCUT2D eigenvalue weighted by Crippen LogP contribution is -2.14. The Morgan fingerprint density at radius 3 is 2.62 bits per heavy atom. The van der Waals surface area contributed by atoms with E-state index in [9.17, 15) is 18.0 Å². The second-order valence-electron chi connectivity index (χ2n) is 5.45. The molecule has 0 unspecified atom stereocenters. The molecule has 1 saturated carbocycles. The van der Waals surface area contributed by atoms with Crippen molar-refractivity contribution in [2.45, 2.75) is 57.5 Å². The zero-order chi connectivity index (χ0) is 15.3. The second kappa shape index (κ2) is 6.91. The molecule has 1 heterocycles. The number of carbonyl (C=O) groups is 1. The third-order valence-corrected chi connectivity index (χ3v) is 3.75. The standard InChI is InChI=1S/C13H19F3N4O/c14-13(15,16)11-18-12(20-19-11)17-10(21)8-4-7-9-5-2-1-3-6-9/h9H,1-8H2,(H2,17,18,19,20,21). The highest BCUT2D eigenvalue weighted by atomic mass is 19.4. The summed E-state index contributed by atoms with van der Waals surface area (Å²) in [6.07, 6.45) is 3.69. The van der Waals surface area contributed by atoms with E-state index in [0.29, 0.717) is 5.92 Å². The number of H-pyrrole nitrogens is 1. The zero-order valence-corrected chi connectivity index (χ0v) is 11.7. The Kier molecular flexibility index (Phi) is 5.19. The van der Waals surface area contributed by atoms with Gasteiger partial charge in [0.05, 0.1) is 0 Å². The minimum Gasteiger partial charge on any atom is -0.293 e. The molecule has 1 fully saturated rings. The molecule has 118 valence electrons. The molecule has 0 atom stereocenters. The summed E-state index contributed by atoms with van der Waals surface area (Å²) >= 11 is 0. The van der Waals surface area contributed by atoms with Crippen molar-refractivity contribution < 1.29 is 18.0 Å². The predicted octanol–water partition coefficient (Wildman–Crippen LogP) is 3.51. The summed E-state index contributed by atoms with van der Waals surface area (Å²) in [4.78, 5) is 14.8. The molecule has 8 heteroatoms. The van der Waals surface area contributed by atoms with E-state index in [2.05, 4.69) is 15.4 Å². The van der Waals surface area contributed by atoms with Crippen molar-refractivity contribution in [1.29, 1.82) is 0 Å². The van der Waals surface area contributed by atoms with E-state index < -0.39 is 12.0 Å². The summed E-state index contributed by atoms with van der Waals surface area (Å²) in [5, 5.41) is 7.37. The maximum absolute atomic E-state index is 12.3. The summed E-state index contributed by atoms with van der Waals surface area (Å²) in [7, 11) is 0. The number of nitrogens with one attached hydrogen (secondary N) is 2. The number of aromatic amines is 1. The zero-order valence-electron chi connectivity index (χ0n) is 11.7. The van der Waals surface area contributed by atoms with E-state index in [0.717, 1.165) is 12.8 Å². The Balaban J connectivity index is 1.70. The highest BCUT2D eigenvalue weighted by Crippen LogP contribution is 2.28. The van der Waals surface area contributed by atoms with Gasteiger partial charge in [0.25, 0.3) is 0 Å². The molecule has 5 nitrogen and oxygen atoms in total. The van der Waals surface area contributed by atoms with Crippen LogP contribution in [0.4, 0.5) is 19.1 Å². The first kappa shape index (κ1) is 15.8. The number of aromatic nitrogens is 3. The van der Waals surface area contributed by atoms with Crippen LogP contribution in [-0.2, 0) is 11.0 Å². The summed E-state index contributed by atoms with van der Waals surface area (Å²) < 4.78 is 36.9. The van der Waals surface area contributed by atoms with Crippen molar-refractivity contribution in [3.8, 4) is 0 Å². The molecule has 0 aromatic carbocycles. The summed E-state index contributed by atoms with van der Waals surface area (Å²) in [5.41, 5.74) is 0. The fourth-order valence-electron chi connectivity index (χ4n) is 2.66. The van der Waals surface area contributed by atoms with Crippen molar-refractivity contribution in [1.82, 2.24) is 15.2 Å². The van der Waals surface area contributed by atoms with Gasteiger partial charge in [0.1, 0.15) is 0 Å². The quantitative estimate of drug-likeness (QED) is 0.874. The van der Waals surface area contributed by atoms with Crippen LogP contribution in [0.25, 0.3) is 0 Å². The number of alkyl halides is 3. The molecule has 0 bridgehead atoms. The third-order valence-electron chi connectivity index (χ3n) is 3.75. The van der Waals surface area contributed by atoms with Crippen LogP contribution in [-0.4, -0.2) is 21.1 Å². The van der Waals surface area contributed by atoms with Gasteiger partial charge in [-0.05, 0) is 18.8 Å². The lowest BCUT2D eigenvalue weighted by Gasteiger charge is -2.20. The van der Waals surface area contributed by atoms with Gasteiger partial charge in [-0.25, -0.2) is 0 Å². The molecule has 1 aliphatic carbocycles. The van der Waals surface area contributed by atoms with E-state index in [-0.39, 0.29) is 18.3 Å². The van der Waals surface area contributed by atoms with Crippen molar-refractivity contribution in [3.05, 3.63) is 5.82 Å². The van der Waals surface area contributed by atoms with Gasteiger partial charge in [-0.1, -0.05) is 32.1 Å². The molecule has 1 amide bonds. The lowest BCUT2D eigenvalue weighted by molar-refractivity contribution is -0.144. The van der Waals surface area contributed by atoms with E-state index in [1.54, 1.807) is 5.10 Å². The van der Waals surface area contributed by atoms with E-state index in [1.165, 1.54) is 32.1 Å². The molecule has 0 spiro atoms. The van der Waals surface area contributed by atoms with Crippen LogP contribution in [0.3, 0.4) is 0 Å². The van der Waals surface area contributed by atoms with Crippen molar-refractivity contribution in [2.24, 2.45) is 5.92 Å². The van der Waals surface area contributed by atoms with Crippen LogP contribution < -0.4 is 5.32 Å². The topological polar surface area (TPSA) is 70.7 Å². The molecular formula is C13H19F3N4O. The highest BCUT2D eigenvalue weighted by molar-refractivity contribution is 5.88. The van der Waals surface area contributed by atoms with Crippen LogP contribution in [0.15, 0.2) is 0 Å². The summed E-state index contributed by atoms with van der Waals surface area (Å²) in [6.45, 7) is 0. The molecule has 1 aromatic rings. The van der Waals surface area contributed by atoms with Gasteiger partial charge in [0.2, 0.25) is 17.7 Å². The van der Waals surface area contributed by atoms with E-state index in [4.69, 9.17) is 0 Å². The molecule has 0 saturated heterocycles. The van der Waals surface area contributed by atoms with Gasteiger partial charge >= 0.3 is 6.18 Å². The van der Waals surface area contributed by atoms with Crippen molar-refractivity contribution >= 4 is 11.9 Å². The number of hydrogen-bond acceptors (Lipinski definition) is 3. The minimum atomic E-state index is -4.59. The van der Waals surface area contributed by atoms with Crippen LogP contribution in [0.5, 0.6) is 0 Å². The smallest absolute Gasteiger partial charge is 0.293 e. The average molecular weight is 304 g/mol. The van der Waals surface area contributed by atoms with Crippen molar-refractivity contribution in [3.63, 3.8) is 0 Å². The predicted molar refractivity (Wildman–Crippen MR) is 70.4 cm³/mol. The molecule has 0 aliphatic heterocycles. The Hall–Kier alpha value is -1.60. The van der Waals surface area contributed by atoms with E-state index in [1.807, 2.05) is 0 Å². The number of halogens is 3. The van der Waals surface area contributed by atoms with Gasteiger partial charge in [-0.2, -0.15) is 18.2 Å². The van der Waals surface area contributed by atoms with Crippen molar-refractivity contribution in [2.75, 3.05) is 5.32 Å². The van der Waals surface area contributed by atoms with Gasteiger partial charge in [-0.3, -0.25) is 15.2 Å². The number of amides is 1. The number of hydrogen-bond donors (Lipinski definition) is 2. The SMILES string of the molecule is O=C(CCCC1CCCCC1)Nc1n[nH]c(C(F)(F)F)n1. The fourth-order valence-corrected chi connectivity index (χ4v) is 2.66. The number of carbonyl (C=O) groups excluding carboxylic acids is 1. The highest BCUT2D eigenvalue weighted by Gasteiger charge is 2.35.